The van der Waals surface area contributed by atoms with Crippen molar-refractivity contribution in [2.75, 3.05) is 0 Å². The summed E-state index contributed by atoms with van der Waals surface area (Å²) in [6.45, 7) is 1.93. The lowest BCUT2D eigenvalue weighted by Gasteiger charge is -2.19. The van der Waals surface area contributed by atoms with Gasteiger partial charge in [0.15, 0.2) is 0 Å². The highest BCUT2D eigenvalue weighted by Gasteiger charge is 2.22. The smallest absolute Gasteiger partial charge is 0.241 e. The summed E-state index contributed by atoms with van der Waals surface area (Å²) in [6, 6.07) is 28.0. The van der Waals surface area contributed by atoms with Gasteiger partial charge in [-0.15, -0.1) is 0 Å². The zero-order valence-electron chi connectivity index (χ0n) is 16.1. The van der Waals surface area contributed by atoms with Gasteiger partial charge in [0.1, 0.15) is 0 Å². The number of pyridine rings is 1. The maximum absolute atomic E-state index is 13.0. The fraction of sp³-hybridized carbons (Fsp3) is 0.125. The minimum absolute atomic E-state index is 0.260. The third-order valence-corrected chi connectivity index (χ3v) is 6.39. The Hall–Kier alpha value is -3.02. The molecule has 1 N–H and O–H groups in total. The number of rotatable bonds is 6. The number of nitrogens with zero attached hydrogens (tertiary/aromatic N) is 1. The lowest BCUT2D eigenvalue weighted by Crippen LogP contribution is -2.30. The van der Waals surface area contributed by atoms with Crippen LogP contribution in [0.1, 0.15) is 22.9 Å². The van der Waals surface area contributed by atoms with Crippen molar-refractivity contribution < 1.29 is 8.42 Å². The number of para-hydroxylation sites is 1. The van der Waals surface area contributed by atoms with Crippen molar-refractivity contribution in [2.45, 2.75) is 24.3 Å². The second-order valence-electron chi connectivity index (χ2n) is 7.10. The van der Waals surface area contributed by atoms with Crippen LogP contribution in [0.2, 0.25) is 0 Å². The van der Waals surface area contributed by atoms with Gasteiger partial charge in [-0.05, 0) is 36.8 Å². The first-order valence-corrected chi connectivity index (χ1v) is 11.0. The molecule has 0 aliphatic heterocycles. The summed E-state index contributed by atoms with van der Waals surface area (Å²) in [6.07, 6.45) is 0.458. The predicted octanol–water partition coefficient (Wildman–Crippen LogP) is 4.81. The molecule has 4 nitrogen and oxygen atoms in total. The first-order valence-electron chi connectivity index (χ1n) is 9.50. The van der Waals surface area contributed by atoms with Gasteiger partial charge in [0.2, 0.25) is 10.0 Å². The molecule has 146 valence electrons. The molecule has 0 saturated carbocycles. The zero-order chi connectivity index (χ0) is 20.3. The third kappa shape index (κ3) is 4.53. The molecular formula is C24H22N2O2S. The van der Waals surface area contributed by atoms with Crippen LogP contribution in [0.4, 0.5) is 0 Å². The van der Waals surface area contributed by atoms with Crippen molar-refractivity contribution in [2.24, 2.45) is 0 Å². The van der Waals surface area contributed by atoms with Gasteiger partial charge in [0, 0.05) is 17.5 Å². The standard InChI is InChI=1S/C24H22N2O2S/c1-18-11-15-22(16-12-18)29(27,28)26-24(19-7-3-2-4-8-19)17-21-14-13-20-9-5-6-10-23(20)25-21/h2-16,24,26H,17H2,1H3. The van der Waals surface area contributed by atoms with Crippen LogP contribution >= 0.6 is 0 Å². The summed E-state index contributed by atoms with van der Waals surface area (Å²) in [5.74, 6) is 0. The first-order chi connectivity index (χ1) is 14.0. The molecule has 0 amide bonds. The van der Waals surface area contributed by atoms with Gasteiger partial charge in [-0.3, -0.25) is 4.98 Å². The van der Waals surface area contributed by atoms with Crippen LogP contribution in [-0.4, -0.2) is 13.4 Å². The summed E-state index contributed by atoms with van der Waals surface area (Å²) in [7, 11) is -3.66. The van der Waals surface area contributed by atoms with Crippen LogP contribution in [0.25, 0.3) is 10.9 Å². The van der Waals surface area contributed by atoms with Gasteiger partial charge < -0.3 is 0 Å². The number of aromatic nitrogens is 1. The Morgan fingerprint density at radius 3 is 2.28 bits per heavy atom. The largest absolute Gasteiger partial charge is 0.253 e. The van der Waals surface area contributed by atoms with E-state index in [9.17, 15) is 8.42 Å². The molecule has 0 spiro atoms. The van der Waals surface area contributed by atoms with Gasteiger partial charge in [-0.2, -0.15) is 0 Å². The van der Waals surface area contributed by atoms with Gasteiger partial charge in [0.25, 0.3) is 0 Å². The molecule has 3 aromatic carbocycles. The van der Waals surface area contributed by atoms with E-state index in [1.54, 1.807) is 24.3 Å². The lowest BCUT2D eigenvalue weighted by molar-refractivity contribution is 0.553. The molecule has 29 heavy (non-hydrogen) atoms. The summed E-state index contributed by atoms with van der Waals surface area (Å²) in [5, 5.41) is 1.06. The maximum Gasteiger partial charge on any atom is 0.241 e. The molecule has 0 radical (unpaired) electrons. The fourth-order valence-corrected chi connectivity index (χ4v) is 4.54. The summed E-state index contributed by atoms with van der Waals surface area (Å²) in [4.78, 5) is 4.98. The average Bonchev–Trinajstić information content (AvgIpc) is 2.74. The van der Waals surface area contributed by atoms with Crippen molar-refractivity contribution in [3.05, 3.63) is 108 Å². The summed E-state index contributed by atoms with van der Waals surface area (Å²) >= 11 is 0. The van der Waals surface area contributed by atoms with Crippen molar-refractivity contribution in [3.8, 4) is 0 Å². The molecule has 5 heteroatoms. The molecule has 0 saturated heterocycles. The van der Waals surface area contributed by atoms with Gasteiger partial charge in [-0.25, -0.2) is 13.1 Å². The van der Waals surface area contributed by atoms with E-state index in [4.69, 9.17) is 4.98 Å². The molecule has 1 aromatic heterocycles. The van der Waals surface area contributed by atoms with Gasteiger partial charge in [-0.1, -0.05) is 72.3 Å². The fourth-order valence-electron chi connectivity index (χ4n) is 3.32. The Kier molecular flexibility index (Phi) is 5.43. The second kappa shape index (κ2) is 8.15. The van der Waals surface area contributed by atoms with Crippen LogP contribution in [0.3, 0.4) is 0 Å². The topological polar surface area (TPSA) is 59.1 Å². The van der Waals surface area contributed by atoms with Crippen LogP contribution < -0.4 is 4.72 Å². The number of aryl methyl sites for hydroxylation is 1. The molecule has 0 aliphatic carbocycles. The van der Waals surface area contributed by atoms with Crippen LogP contribution in [0.15, 0.2) is 95.9 Å². The number of benzene rings is 3. The van der Waals surface area contributed by atoms with E-state index in [-0.39, 0.29) is 4.90 Å². The molecule has 1 heterocycles. The van der Waals surface area contributed by atoms with Crippen molar-refractivity contribution >= 4 is 20.9 Å². The van der Waals surface area contributed by atoms with Gasteiger partial charge in [0.05, 0.1) is 16.5 Å². The number of fused-ring (bicyclic) bond motifs is 1. The highest BCUT2D eigenvalue weighted by Crippen LogP contribution is 2.22. The Morgan fingerprint density at radius 2 is 1.52 bits per heavy atom. The van der Waals surface area contributed by atoms with E-state index >= 15 is 0 Å². The van der Waals surface area contributed by atoms with E-state index in [2.05, 4.69) is 4.72 Å². The number of hydrogen-bond donors (Lipinski definition) is 1. The van der Waals surface area contributed by atoms with E-state index in [0.29, 0.717) is 6.42 Å². The maximum atomic E-state index is 13.0. The van der Waals surface area contributed by atoms with Crippen LogP contribution in [-0.2, 0) is 16.4 Å². The molecule has 4 aromatic rings. The molecule has 1 unspecified atom stereocenters. The van der Waals surface area contributed by atoms with Crippen LogP contribution in [0.5, 0.6) is 0 Å². The molecule has 0 bridgehead atoms. The molecule has 0 aliphatic rings. The SMILES string of the molecule is Cc1ccc(S(=O)(=O)NC(Cc2ccc3ccccc3n2)c2ccccc2)cc1. The molecule has 0 fully saturated rings. The Morgan fingerprint density at radius 1 is 0.828 bits per heavy atom. The Labute approximate surface area is 171 Å². The highest BCUT2D eigenvalue weighted by atomic mass is 32.2. The second-order valence-corrected chi connectivity index (χ2v) is 8.81. The number of sulfonamides is 1. The quantitative estimate of drug-likeness (QED) is 0.504. The monoisotopic (exact) mass is 402 g/mol. The van der Waals surface area contributed by atoms with Crippen molar-refractivity contribution in [1.29, 1.82) is 0 Å². The van der Waals surface area contributed by atoms with E-state index in [1.807, 2.05) is 73.7 Å². The minimum atomic E-state index is -3.66. The number of hydrogen-bond acceptors (Lipinski definition) is 3. The Balaban J connectivity index is 1.67. The van der Waals surface area contributed by atoms with Crippen molar-refractivity contribution in [1.82, 2.24) is 9.71 Å². The van der Waals surface area contributed by atoms with Crippen LogP contribution in [0, 0.1) is 6.92 Å². The van der Waals surface area contributed by atoms with Crippen molar-refractivity contribution in [3.63, 3.8) is 0 Å². The first kappa shape index (κ1) is 19.3. The molecular weight excluding hydrogens is 380 g/mol. The zero-order valence-corrected chi connectivity index (χ0v) is 16.9. The van der Waals surface area contributed by atoms with E-state index < -0.39 is 16.1 Å². The summed E-state index contributed by atoms with van der Waals surface area (Å²) < 4.78 is 28.9. The van der Waals surface area contributed by atoms with E-state index in [0.717, 1.165) is 27.7 Å². The lowest BCUT2D eigenvalue weighted by atomic mass is 10.0. The molecule has 4 rings (SSSR count). The average molecular weight is 403 g/mol. The minimum Gasteiger partial charge on any atom is -0.253 e. The number of nitrogens with one attached hydrogen (secondary N) is 1. The summed E-state index contributed by atoms with van der Waals surface area (Å²) in [5.41, 5.74) is 3.66. The normalized spacial score (nSPS) is 12.7. The highest BCUT2D eigenvalue weighted by molar-refractivity contribution is 7.89. The van der Waals surface area contributed by atoms with E-state index in [1.165, 1.54) is 0 Å². The van der Waals surface area contributed by atoms with Gasteiger partial charge >= 0.3 is 0 Å². The third-order valence-electron chi connectivity index (χ3n) is 4.90. The Bertz CT molecular complexity index is 1220. The molecule has 1 atom stereocenters. The predicted molar refractivity (Wildman–Crippen MR) is 116 cm³/mol.